The van der Waals surface area contributed by atoms with E-state index >= 15 is 0 Å². The van der Waals surface area contributed by atoms with Gasteiger partial charge in [0, 0.05) is 11.8 Å². The fraction of sp³-hybridized carbons (Fsp3) is 1.00. The molecule has 1 atom stereocenters. The molecule has 1 unspecified atom stereocenters. The number of rotatable bonds is 3. The van der Waals surface area contributed by atoms with Gasteiger partial charge in [0.1, 0.15) is 0 Å². The van der Waals surface area contributed by atoms with Crippen LogP contribution in [0.4, 0.5) is 0 Å². The Kier molecular flexibility index (Phi) is 13.9. The average molecular weight is 183 g/mol. The van der Waals surface area contributed by atoms with E-state index in [9.17, 15) is 14.4 Å². The van der Waals surface area contributed by atoms with Gasteiger partial charge in [-0.2, -0.15) is 0 Å². The second kappa shape index (κ2) is 8.26. The second-order valence-corrected chi connectivity index (χ2v) is 5.32. The van der Waals surface area contributed by atoms with Crippen LogP contribution in [0, 0.1) is 0 Å². The Hall–Kier alpha value is 1.65. The first kappa shape index (κ1) is 18.4. The van der Waals surface area contributed by atoms with Crippen LogP contribution in [0.25, 0.3) is 0 Å². The summed E-state index contributed by atoms with van der Waals surface area (Å²) < 4.78 is 9.92. The van der Waals surface area contributed by atoms with Crippen LogP contribution in [0.5, 0.6) is 0 Å². The molecule has 0 aliphatic carbocycles. The van der Waals surface area contributed by atoms with Gasteiger partial charge in [0.15, 0.2) is 0 Å². The topological polar surface area (TPSA) is 89.2 Å². The minimum Gasteiger partial charge on any atom is -0.803 e. The predicted octanol–water partition coefficient (Wildman–Crippen LogP) is -7.10. The molecule has 0 saturated carbocycles. The summed E-state index contributed by atoms with van der Waals surface area (Å²) >= 11 is 0.361. The first-order valence-electron chi connectivity index (χ1n) is 2.34. The second-order valence-electron chi connectivity index (χ2n) is 1.72. The first-order valence-corrected chi connectivity index (χ1v) is 5.47. The molecule has 0 aromatic carbocycles. The number of hydrogen-bond donors (Lipinski definition) is 1. The summed E-state index contributed by atoms with van der Waals surface area (Å²) in [6.45, 7) is -2.74. The van der Waals surface area contributed by atoms with Gasteiger partial charge >= 0.3 is 37.7 Å². The molecule has 0 rings (SSSR count). The summed E-state index contributed by atoms with van der Waals surface area (Å²) in [6.07, 6.45) is 0. The minimum absolute atomic E-state index is 0. The van der Waals surface area contributed by atoms with E-state index in [2.05, 4.69) is 0 Å². The van der Waals surface area contributed by atoms with Crippen LogP contribution in [-0.4, -0.2) is 11.8 Å². The third kappa shape index (κ3) is 18.5. The van der Waals surface area contributed by atoms with Crippen molar-refractivity contribution in [1.29, 1.82) is 0 Å². The first-order chi connectivity index (χ1) is 3.92. The van der Waals surface area contributed by atoms with Crippen LogP contribution >= 0.6 is 18.2 Å². The molecule has 0 amide bonds. The summed E-state index contributed by atoms with van der Waals surface area (Å²) in [5, 5.41) is 0. The molecule has 2 N–H and O–H groups in total. The van der Waals surface area contributed by atoms with Gasteiger partial charge in [-0.05, 0) is 13.7 Å². The van der Waals surface area contributed by atoms with Gasteiger partial charge in [-0.15, -0.1) is 11.4 Å². The molecule has 11 heavy (non-hydrogen) atoms. The summed E-state index contributed by atoms with van der Waals surface area (Å²) in [4.78, 5) is 19.8. The normalized spacial score (nSPS) is 12.7. The molecule has 0 saturated heterocycles. The standard InChI is InChI=1S/C3H10NO3PS.2Li/c1-3(4)2-9-8(5,6)7;;/h3H,2,4H2,1H3,(H2,5,6,7);;/q;2*+1/p-2. The van der Waals surface area contributed by atoms with E-state index in [1.807, 2.05) is 0 Å². The molecule has 4 nitrogen and oxygen atoms in total. The maximum Gasteiger partial charge on any atom is 1.00 e. The van der Waals surface area contributed by atoms with Crippen molar-refractivity contribution in [2.75, 3.05) is 5.75 Å². The van der Waals surface area contributed by atoms with Gasteiger partial charge < -0.3 is 20.1 Å². The molecule has 8 heteroatoms. The Bertz CT molecular complexity index is 130. The monoisotopic (exact) mass is 183 g/mol. The zero-order valence-corrected chi connectivity index (χ0v) is 8.65. The predicted molar refractivity (Wildman–Crippen MR) is 33.7 cm³/mol. The maximum atomic E-state index is 9.92. The molecule has 0 aliphatic rings. The summed E-state index contributed by atoms with van der Waals surface area (Å²) in [5.74, 6) is 0.171. The molecular formula is C3H8Li2NO3PS. The van der Waals surface area contributed by atoms with E-state index in [1.54, 1.807) is 6.92 Å². The van der Waals surface area contributed by atoms with Crippen LogP contribution in [0.1, 0.15) is 6.92 Å². The van der Waals surface area contributed by atoms with Gasteiger partial charge in [0.2, 0.25) is 0 Å². The summed E-state index contributed by atoms with van der Waals surface area (Å²) in [5.41, 5.74) is 5.18. The van der Waals surface area contributed by atoms with Gasteiger partial charge in [0.25, 0.3) is 0 Å². The molecule has 0 radical (unpaired) electrons. The van der Waals surface area contributed by atoms with Crippen LogP contribution in [-0.2, 0) is 4.57 Å². The summed E-state index contributed by atoms with van der Waals surface area (Å²) in [6, 6.07) is -0.244. The van der Waals surface area contributed by atoms with E-state index < -0.39 is 6.80 Å². The fourth-order valence-electron chi connectivity index (χ4n) is 0.209. The van der Waals surface area contributed by atoms with Crippen molar-refractivity contribution in [2.45, 2.75) is 13.0 Å². The Morgan fingerprint density at radius 2 is 1.91 bits per heavy atom. The van der Waals surface area contributed by atoms with Crippen LogP contribution in [0.15, 0.2) is 0 Å². The molecule has 0 fully saturated rings. The van der Waals surface area contributed by atoms with Gasteiger partial charge in [-0.3, -0.25) is 0 Å². The Morgan fingerprint density at radius 3 is 2.00 bits per heavy atom. The zero-order chi connectivity index (χ0) is 7.49. The van der Waals surface area contributed by atoms with E-state index in [-0.39, 0.29) is 49.5 Å². The Morgan fingerprint density at radius 1 is 1.55 bits per heavy atom. The molecule has 0 bridgehead atoms. The Labute approximate surface area is 94.3 Å². The smallest absolute Gasteiger partial charge is 0.803 e. The largest absolute Gasteiger partial charge is 1.00 e. The quantitative estimate of drug-likeness (QED) is 0.347. The third-order valence-corrected chi connectivity index (χ3v) is 2.88. The number of nitrogens with two attached hydrogens (primary N) is 1. The van der Waals surface area contributed by atoms with E-state index in [0.717, 1.165) is 0 Å². The fourth-order valence-corrected chi connectivity index (χ4v) is 1.88. The number of hydrogen-bond acceptors (Lipinski definition) is 5. The summed E-state index contributed by atoms with van der Waals surface area (Å²) in [7, 11) is 0. The van der Waals surface area contributed by atoms with Crippen molar-refractivity contribution in [3.63, 3.8) is 0 Å². The van der Waals surface area contributed by atoms with Crippen molar-refractivity contribution >= 4 is 18.2 Å². The molecular weight excluding hydrogens is 175 g/mol. The van der Waals surface area contributed by atoms with Crippen LogP contribution < -0.4 is 53.2 Å². The molecule has 0 aromatic rings. The Balaban J connectivity index is -0.000000320. The average Bonchev–Trinajstić information content (AvgIpc) is 1.59. The van der Waals surface area contributed by atoms with Crippen molar-refractivity contribution in [1.82, 2.24) is 0 Å². The zero-order valence-electron chi connectivity index (χ0n) is 6.94. The van der Waals surface area contributed by atoms with Gasteiger partial charge in [0.05, 0.1) is 0 Å². The van der Waals surface area contributed by atoms with Crippen LogP contribution in [0.2, 0.25) is 0 Å². The molecule has 0 aliphatic heterocycles. The maximum absolute atomic E-state index is 9.92. The molecule has 0 aromatic heterocycles. The van der Waals surface area contributed by atoms with Crippen molar-refractivity contribution in [3.8, 4) is 0 Å². The van der Waals surface area contributed by atoms with Crippen LogP contribution in [0.3, 0.4) is 0 Å². The van der Waals surface area contributed by atoms with E-state index in [0.29, 0.717) is 11.4 Å². The third-order valence-electron chi connectivity index (χ3n) is 0.496. The van der Waals surface area contributed by atoms with E-state index in [1.165, 1.54) is 0 Å². The molecule has 56 valence electrons. The minimum atomic E-state index is -4.38. The molecule has 0 spiro atoms. The van der Waals surface area contributed by atoms with Gasteiger partial charge in [-0.1, -0.05) is 0 Å². The van der Waals surface area contributed by atoms with Gasteiger partial charge in [-0.25, -0.2) is 0 Å². The SMILES string of the molecule is CC(N)CSP(=O)([O-])[O-].[Li+].[Li+]. The molecule has 0 heterocycles. The van der Waals surface area contributed by atoms with Crippen molar-refractivity contribution in [3.05, 3.63) is 0 Å². The van der Waals surface area contributed by atoms with Crippen molar-refractivity contribution < 1.29 is 52.1 Å². The van der Waals surface area contributed by atoms with E-state index in [4.69, 9.17) is 5.73 Å². The van der Waals surface area contributed by atoms with Crippen molar-refractivity contribution in [2.24, 2.45) is 5.73 Å².